The maximum Gasteiger partial charge on any atom is 0.304 e. The van der Waals surface area contributed by atoms with Crippen LogP contribution in [0.4, 0.5) is 0 Å². The zero-order chi connectivity index (χ0) is 15.9. The highest BCUT2D eigenvalue weighted by Crippen LogP contribution is 2.40. The second-order valence-electron chi connectivity index (χ2n) is 6.14. The largest absolute Gasteiger partial charge is 0.497 e. The van der Waals surface area contributed by atoms with E-state index in [4.69, 9.17) is 9.84 Å². The van der Waals surface area contributed by atoms with Crippen molar-refractivity contribution in [2.45, 2.75) is 26.2 Å². The minimum atomic E-state index is -0.926. The number of ether oxygens (including phenoxy) is 1. The van der Waals surface area contributed by atoms with Gasteiger partial charge in [0.05, 0.1) is 13.5 Å². The molecule has 1 atom stereocenters. The van der Waals surface area contributed by atoms with Crippen molar-refractivity contribution in [3.05, 3.63) is 41.5 Å². The number of carbonyl (C=O) groups excluding carboxylic acids is 1. The van der Waals surface area contributed by atoms with E-state index in [-0.39, 0.29) is 12.2 Å². The Kier molecular flexibility index (Phi) is 3.39. The number of ketones is 1. The van der Waals surface area contributed by atoms with Gasteiger partial charge in [0.15, 0.2) is 5.78 Å². The fraction of sp³-hybridized carbons (Fsp3) is 0.333. The highest BCUT2D eigenvalue weighted by Gasteiger charge is 2.40. The molecule has 114 valence electrons. The molecule has 1 unspecified atom stereocenters. The summed E-state index contributed by atoms with van der Waals surface area (Å²) in [5.74, 6) is -0.205. The van der Waals surface area contributed by atoms with Crippen LogP contribution in [-0.2, 0) is 11.2 Å². The third-order valence-electron chi connectivity index (χ3n) is 4.60. The van der Waals surface area contributed by atoms with Crippen LogP contribution in [-0.4, -0.2) is 24.0 Å². The van der Waals surface area contributed by atoms with Crippen molar-refractivity contribution in [1.29, 1.82) is 0 Å². The Morgan fingerprint density at radius 3 is 2.77 bits per heavy atom. The second-order valence-corrected chi connectivity index (χ2v) is 6.14. The van der Waals surface area contributed by atoms with Gasteiger partial charge >= 0.3 is 5.97 Å². The van der Waals surface area contributed by atoms with Gasteiger partial charge in [0.25, 0.3) is 0 Å². The molecule has 0 spiro atoms. The first-order valence-electron chi connectivity index (χ1n) is 7.31. The minimum Gasteiger partial charge on any atom is -0.497 e. The SMILES string of the molecule is COc1ccc2c3c(ccc2c1)C(=O)C(C)(CC(=O)O)CC3. The van der Waals surface area contributed by atoms with E-state index in [0.29, 0.717) is 18.4 Å². The number of fused-ring (bicyclic) bond motifs is 3. The van der Waals surface area contributed by atoms with Crippen molar-refractivity contribution in [1.82, 2.24) is 0 Å². The fourth-order valence-electron chi connectivity index (χ4n) is 3.32. The van der Waals surface area contributed by atoms with Crippen molar-refractivity contribution in [2.24, 2.45) is 5.41 Å². The summed E-state index contributed by atoms with van der Waals surface area (Å²) in [7, 11) is 1.63. The zero-order valence-corrected chi connectivity index (χ0v) is 12.7. The fourth-order valence-corrected chi connectivity index (χ4v) is 3.32. The summed E-state index contributed by atoms with van der Waals surface area (Å²) in [5.41, 5.74) is 0.875. The summed E-state index contributed by atoms with van der Waals surface area (Å²) in [6, 6.07) is 9.53. The summed E-state index contributed by atoms with van der Waals surface area (Å²) >= 11 is 0. The average molecular weight is 298 g/mol. The third kappa shape index (κ3) is 2.25. The van der Waals surface area contributed by atoms with Gasteiger partial charge < -0.3 is 9.84 Å². The Balaban J connectivity index is 2.11. The molecular weight excluding hydrogens is 280 g/mol. The second kappa shape index (κ2) is 5.13. The molecule has 0 radical (unpaired) electrons. The van der Waals surface area contributed by atoms with Crippen LogP contribution in [0, 0.1) is 5.41 Å². The van der Waals surface area contributed by atoms with E-state index in [1.54, 1.807) is 14.0 Å². The highest BCUT2D eigenvalue weighted by molar-refractivity contribution is 6.07. The molecule has 1 aliphatic carbocycles. The number of rotatable bonds is 3. The Labute approximate surface area is 128 Å². The third-order valence-corrected chi connectivity index (χ3v) is 4.60. The first-order chi connectivity index (χ1) is 10.4. The first kappa shape index (κ1) is 14.6. The molecule has 0 aliphatic heterocycles. The Morgan fingerprint density at radius 2 is 2.09 bits per heavy atom. The maximum atomic E-state index is 12.8. The summed E-state index contributed by atoms with van der Waals surface area (Å²) in [6.45, 7) is 1.75. The number of aryl methyl sites for hydroxylation is 1. The average Bonchev–Trinajstić information content (AvgIpc) is 2.49. The van der Waals surface area contributed by atoms with Crippen molar-refractivity contribution in [2.75, 3.05) is 7.11 Å². The predicted molar refractivity (Wildman–Crippen MR) is 83.5 cm³/mol. The van der Waals surface area contributed by atoms with E-state index in [0.717, 1.165) is 22.1 Å². The number of benzene rings is 2. The number of hydrogen-bond acceptors (Lipinski definition) is 3. The van der Waals surface area contributed by atoms with E-state index in [1.807, 2.05) is 30.3 Å². The first-order valence-corrected chi connectivity index (χ1v) is 7.31. The van der Waals surface area contributed by atoms with Gasteiger partial charge in [-0.05, 0) is 41.3 Å². The van der Waals surface area contributed by atoms with Crippen LogP contribution in [0.2, 0.25) is 0 Å². The van der Waals surface area contributed by atoms with Gasteiger partial charge in [-0.1, -0.05) is 25.1 Å². The molecule has 3 rings (SSSR count). The molecule has 1 N–H and O–H groups in total. The van der Waals surface area contributed by atoms with Crippen molar-refractivity contribution in [3.8, 4) is 5.75 Å². The molecule has 0 saturated heterocycles. The number of Topliss-reactive ketones (excluding diaryl/α,β-unsaturated/α-hetero) is 1. The van der Waals surface area contributed by atoms with Crippen LogP contribution >= 0.6 is 0 Å². The van der Waals surface area contributed by atoms with Gasteiger partial charge in [-0.2, -0.15) is 0 Å². The van der Waals surface area contributed by atoms with Crippen LogP contribution in [0.1, 0.15) is 35.7 Å². The number of methoxy groups -OCH3 is 1. The minimum absolute atomic E-state index is 0.0612. The molecule has 4 heteroatoms. The maximum absolute atomic E-state index is 12.8. The molecule has 0 fully saturated rings. The van der Waals surface area contributed by atoms with Crippen LogP contribution in [0.5, 0.6) is 5.75 Å². The van der Waals surface area contributed by atoms with Crippen molar-refractivity contribution < 1.29 is 19.4 Å². The molecule has 0 amide bonds. The summed E-state index contributed by atoms with van der Waals surface area (Å²) in [4.78, 5) is 23.8. The van der Waals surface area contributed by atoms with Gasteiger partial charge in [-0.25, -0.2) is 0 Å². The van der Waals surface area contributed by atoms with Crippen LogP contribution in [0.25, 0.3) is 10.8 Å². The normalized spacial score (nSPS) is 20.7. The molecule has 2 aromatic carbocycles. The number of hydrogen-bond donors (Lipinski definition) is 1. The van der Waals surface area contributed by atoms with E-state index < -0.39 is 11.4 Å². The lowest BCUT2D eigenvalue weighted by Gasteiger charge is -2.32. The molecule has 2 aromatic rings. The van der Waals surface area contributed by atoms with E-state index in [9.17, 15) is 9.59 Å². The van der Waals surface area contributed by atoms with Gasteiger partial charge in [0.1, 0.15) is 5.75 Å². The standard InChI is InChI=1S/C18H18O4/c1-18(10-16(19)20)8-7-14-13-6-4-12(22-2)9-11(13)3-5-15(14)17(18)21/h3-6,9H,7-8,10H2,1-2H3,(H,19,20). The van der Waals surface area contributed by atoms with E-state index in [2.05, 4.69) is 0 Å². The molecule has 0 bridgehead atoms. The summed E-state index contributed by atoms with van der Waals surface area (Å²) in [6.07, 6.45) is 1.16. The van der Waals surface area contributed by atoms with Gasteiger partial charge in [0, 0.05) is 11.0 Å². The smallest absolute Gasteiger partial charge is 0.304 e. The van der Waals surface area contributed by atoms with Crippen LogP contribution in [0.3, 0.4) is 0 Å². The quantitative estimate of drug-likeness (QED) is 0.942. The molecule has 4 nitrogen and oxygen atoms in total. The molecule has 22 heavy (non-hydrogen) atoms. The molecule has 0 heterocycles. The van der Waals surface area contributed by atoms with E-state index >= 15 is 0 Å². The summed E-state index contributed by atoms with van der Waals surface area (Å²) in [5, 5.41) is 11.1. The lowest BCUT2D eigenvalue weighted by atomic mass is 9.69. The Bertz CT molecular complexity index is 778. The topological polar surface area (TPSA) is 63.6 Å². The van der Waals surface area contributed by atoms with Gasteiger partial charge in [-0.3, -0.25) is 9.59 Å². The van der Waals surface area contributed by atoms with Crippen molar-refractivity contribution >= 4 is 22.5 Å². The molecule has 1 aliphatic rings. The zero-order valence-electron chi connectivity index (χ0n) is 12.7. The predicted octanol–water partition coefficient (Wildman–Crippen LogP) is 3.46. The Hall–Kier alpha value is -2.36. The molecule has 0 aromatic heterocycles. The monoisotopic (exact) mass is 298 g/mol. The van der Waals surface area contributed by atoms with Crippen LogP contribution in [0.15, 0.2) is 30.3 Å². The number of aliphatic carboxylic acids is 1. The highest BCUT2D eigenvalue weighted by atomic mass is 16.5. The number of carboxylic acid groups (broad SMARTS) is 1. The Morgan fingerprint density at radius 1 is 1.32 bits per heavy atom. The summed E-state index contributed by atoms with van der Waals surface area (Å²) < 4.78 is 5.23. The lowest BCUT2D eigenvalue weighted by Crippen LogP contribution is -2.35. The molecular formula is C18H18O4. The van der Waals surface area contributed by atoms with Gasteiger partial charge in [0.2, 0.25) is 0 Å². The van der Waals surface area contributed by atoms with Crippen molar-refractivity contribution in [3.63, 3.8) is 0 Å². The number of carbonyl (C=O) groups is 2. The number of carboxylic acids is 1. The van der Waals surface area contributed by atoms with Gasteiger partial charge in [-0.15, -0.1) is 0 Å². The molecule has 0 saturated carbocycles. The lowest BCUT2D eigenvalue weighted by molar-refractivity contribution is -0.139. The van der Waals surface area contributed by atoms with Crippen LogP contribution < -0.4 is 4.74 Å². The van der Waals surface area contributed by atoms with E-state index in [1.165, 1.54) is 0 Å².